The van der Waals surface area contributed by atoms with E-state index in [1.54, 1.807) is 6.33 Å². The molecule has 7 nitrogen and oxygen atoms in total. The van der Waals surface area contributed by atoms with Gasteiger partial charge in [-0.3, -0.25) is 4.99 Å². The van der Waals surface area contributed by atoms with Gasteiger partial charge in [-0.25, -0.2) is 0 Å². The topological polar surface area (TPSA) is 76.4 Å². The lowest BCUT2D eigenvalue weighted by Gasteiger charge is -2.54. The maximum Gasteiger partial charge on any atom is 0.191 e. The molecule has 3 atom stereocenters. The lowest BCUT2D eigenvalue weighted by atomic mass is 9.57. The average Bonchev–Trinajstić information content (AvgIpc) is 3.18. The number of guanidine groups is 1. The minimum atomic E-state index is 0. The number of hydrogen-bond donors (Lipinski definition) is 2. The number of rotatable bonds is 5. The summed E-state index contributed by atoms with van der Waals surface area (Å²) in [4.78, 5) is 4.36. The van der Waals surface area contributed by atoms with Gasteiger partial charge in [0.2, 0.25) is 0 Å². The largest absolute Gasteiger partial charge is 0.377 e. The minimum Gasteiger partial charge on any atom is -0.377 e. The van der Waals surface area contributed by atoms with Crippen LogP contribution in [0.25, 0.3) is 0 Å². The van der Waals surface area contributed by atoms with Gasteiger partial charge in [-0.15, -0.1) is 34.2 Å². The van der Waals surface area contributed by atoms with Crippen molar-refractivity contribution in [1.82, 2.24) is 25.4 Å². The van der Waals surface area contributed by atoms with Crippen molar-refractivity contribution in [2.24, 2.45) is 16.3 Å². The van der Waals surface area contributed by atoms with Crippen LogP contribution in [0, 0.1) is 11.3 Å². The van der Waals surface area contributed by atoms with E-state index in [-0.39, 0.29) is 29.4 Å². The molecule has 1 saturated heterocycles. The van der Waals surface area contributed by atoms with E-state index in [9.17, 15) is 0 Å². The SMILES string of the molecule is CCc1nncn1CCNC(=NC)NC1C2CCOC2C1(C)C.I. The summed E-state index contributed by atoms with van der Waals surface area (Å²) in [7, 11) is 1.82. The quantitative estimate of drug-likeness (QED) is 0.405. The van der Waals surface area contributed by atoms with Crippen molar-refractivity contribution in [2.45, 2.75) is 52.3 Å². The molecule has 1 aromatic heterocycles. The number of aromatic nitrogens is 3. The number of aryl methyl sites for hydroxylation is 1. The van der Waals surface area contributed by atoms with Gasteiger partial charge in [0, 0.05) is 50.5 Å². The Balaban J connectivity index is 0.00000208. The Morgan fingerprint density at radius 1 is 1.50 bits per heavy atom. The lowest BCUT2D eigenvalue weighted by Crippen LogP contribution is -2.68. The van der Waals surface area contributed by atoms with Crippen molar-refractivity contribution in [3.8, 4) is 0 Å². The summed E-state index contributed by atoms with van der Waals surface area (Å²) in [5.41, 5.74) is 0.155. The first-order chi connectivity index (χ1) is 11.1. The maximum atomic E-state index is 5.85. The molecule has 136 valence electrons. The van der Waals surface area contributed by atoms with Gasteiger partial charge in [-0.05, 0) is 6.42 Å². The third-order valence-electron chi connectivity index (χ3n) is 5.27. The maximum absolute atomic E-state index is 5.85. The molecular weight excluding hydrogens is 419 g/mol. The Kier molecular flexibility index (Phi) is 6.46. The molecule has 2 aliphatic rings. The zero-order valence-corrected chi connectivity index (χ0v) is 17.3. The van der Waals surface area contributed by atoms with Crippen molar-refractivity contribution in [1.29, 1.82) is 0 Å². The van der Waals surface area contributed by atoms with Gasteiger partial charge in [0.05, 0.1) is 6.10 Å². The molecule has 1 saturated carbocycles. The van der Waals surface area contributed by atoms with E-state index in [0.717, 1.165) is 44.3 Å². The van der Waals surface area contributed by atoms with E-state index in [0.29, 0.717) is 18.1 Å². The first-order valence-electron chi connectivity index (χ1n) is 8.53. The second-order valence-electron chi connectivity index (χ2n) is 6.98. The van der Waals surface area contributed by atoms with Crippen LogP contribution in [-0.4, -0.2) is 53.1 Å². The summed E-state index contributed by atoms with van der Waals surface area (Å²) in [6.07, 6.45) is 4.21. The molecule has 2 heterocycles. The first kappa shape index (κ1) is 19.4. The molecule has 1 aromatic rings. The van der Waals surface area contributed by atoms with Crippen LogP contribution in [0.4, 0.5) is 0 Å². The Morgan fingerprint density at radius 3 is 3.00 bits per heavy atom. The fraction of sp³-hybridized carbons (Fsp3) is 0.812. The predicted octanol–water partition coefficient (Wildman–Crippen LogP) is 1.44. The Hall–Kier alpha value is -0.900. The molecular formula is C16H29IN6O. The van der Waals surface area contributed by atoms with Crippen molar-refractivity contribution < 1.29 is 4.74 Å². The fourth-order valence-electron chi connectivity index (χ4n) is 3.99. The number of hydrogen-bond acceptors (Lipinski definition) is 4. The molecule has 8 heteroatoms. The summed E-state index contributed by atoms with van der Waals surface area (Å²) >= 11 is 0. The summed E-state index contributed by atoms with van der Waals surface area (Å²) < 4.78 is 7.93. The van der Waals surface area contributed by atoms with Crippen LogP contribution in [0.5, 0.6) is 0 Å². The van der Waals surface area contributed by atoms with Crippen LogP contribution in [0.15, 0.2) is 11.3 Å². The van der Waals surface area contributed by atoms with Crippen molar-refractivity contribution >= 4 is 29.9 Å². The molecule has 0 bridgehead atoms. The Labute approximate surface area is 161 Å². The van der Waals surface area contributed by atoms with Crippen LogP contribution in [0.1, 0.15) is 33.0 Å². The molecule has 3 rings (SSSR count). The van der Waals surface area contributed by atoms with Gasteiger partial charge in [-0.2, -0.15) is 0 Å². The summed E-state index contributed by atoms with van der Waals surface area (Å²) in [6, 6.07) is 0.419. The van der Waals surface area contributed by atoms with E-state index in [1.807, 2.05) is 7.05 Å². The Morgan fingerprint density at radius 2 is 2.29 bits per heavy atom. The standard InChI is InChI=1S/C16H28N6O.HI/c1-5-12-21-19-10-22(12)8-7-18-15(17-4)20-13-11-6-9-23-14(11)16(13,2)3;/h10-11,13-14H,5-9H2,1-4H3,(H2,17,18,20);1H. The van der Waals surface area contributed by atoms with Crippen LogP contribution in [0.3, 0.4) is 0 Å². The number of fused-ring (bicyclic) bond motifs is 1. The van der Waals surface area contributed by atoms with Crippen LogP contribution < -0.4 is 10.6 Å². The molecule has 0 amide bonds. The molecule has 1 aliphatic heterocycles. The van der Waals surface area contributed by atoms with Gasteiger partial charge in [0.15, 0.2) is 5.96 Å². The van der Waals surface area contributed by atoms with Gasteiger partial charge >= 0.3 is 0 Å². The second kappa shape index (κ2) is 7.99. The highest BCUT2D eigenvalue weighted by Gasteiger charge is 2.59. The smallest absolute Gasteiger partial charge is 0.191 e. The highest BCUT2D eigenvalue weighted by atomic mass is 127. The van der Waals surface area contributed by atoms with E-state index in [1.165, 1.54) is 0 Å². The van der Waals surface area contributed by atoms with Gasteiger partial charge in [-0.1, -0.05) is 20.8 Å². The lowest BCUT2D eigenvalue weighted by molar-refractivity contribution is -0.106. The number of ether oxygens (including phenoxy) is 1. The van der Waals surface area contributed by atoms with E-state index >= 15 is 0 Å². The van der Waals surface area contributed by atoms with E-state index in [4.69, 9.17) is 4.74 Å². The van der Waals surface area contributed by atoms with Crippen molar-refractivity contribution in [3.05, 3.63) is 12.2 Å². The molecule has 3 unspecified atom stereocenters. The minimum absolute atomic E-state index is 0. The molecule has 0 aromatic carbocycles. The summed E-state index contributed by atoms with van der Waals surface area (Å²) in [5.74, 6) is 2.48. The third-order valence-corrected chi connectivity index (χ3v) is 5.27. The van der Waals surface area contributed by atoms with E-state index < -0.39 is 0 Å². The highest BCUT2D eigenvalue weighted by molar-refractivity contribution is 14.0. The summed E-state index contributed by atoms with van der Waals surface area (Å²) in [6.45, 7) is 9.15. The molecule has 0 radical (unpaired) electrons. The second-order valence-corrected chi connectivity index (χ2v) is 6.98. The number of halogens is 1. The number of aliphatic imine (C=N–C) groups is 1. The van der Waals surface area contributed by atoms with E-state index in [2.05, 4.69) is 51.2 Å². The molecule has 2 fully saturated rings. The van der Waals surface area contributed by atoms with Gasteiger partial charge < -0.3 is 19.9 Å². The van der Waals surface area contributed by atoms with Crippen molar-refractivity contribution in [3.63, 3.8) is 0 Å². The summed E-state index contributed by atoms with van der Waals surface area (Å²) in [5, 5.41) is 15.1. The van der Waals surface area contributed by atoms with Gasteiger partial charge in [0.1, 0.15) is 12.2 Å². The zero-order chi connectivity index (χ0) is 16.4. The zero-order valence-electron chi connectivity index (χ0n) is 15.0. The predicted molar refractivity (Wildman–Crippen MR) is 105 cm³/mol. The first-order valence-corrected chi connectivity index (χ1v) is 8.53. The van der Waals surface area contributed by atoms with Crippen LogP contribution in [0.2, 0.25) is 0 Å². The number of nitrogens with one attached hydrogen (secondary N) is 2. The average molecular weight is 448 g/mol. The monoisotopic (exact) mass is 448 g/mol. The third kappa shape index (κ3) is 3.54. The fourth-order valence-corrected chi connectivity index (χ4v) is 3.99. The normalized spacial score (nSPS) is 27.8. The van der Waals surface area contributed by atoms with Crippen LogP contribution >= 0.6 is 24.0 Å². The van der Waals surface area contributed by atoms with Crippen LogP contribution in [-0.2, 0) is 17.7 Å². The molecule has 24 heavy (non-hydrogen) atoms. The Bertz CT molecular complexity index is 573. The number of nitrogens with zero attached hydrogens (tertiary/aromatic N) is 4. The molecule has 0 spiro atoms. The molecule has 1 aliphatic carbocycles. The van der Waals surface area contributed by atoms with Crippen molar-refractivity contribution in [2.75, 3.05) is 20.2 Å². The highest BCUT2D eigenvalue weighted by Crippen LogP contribution is 2.51. The van der Waals surface area contributed by atoms with Gasteiger partial charge in [0.25, 0.3) is 0 Å². The molecule has 2 N–H and O–H groups in total.